The Morgan fingerprint density at radius 1 is 0.808 bits per heavy atom. The maximum absolute atomic E-state index is 12.9. The number of rotatable bonds is 7. The van der Waals surface area contributed by atoms with Gasteiger partial charge in [0.1, 0.15) is 0 Å². The van der Waals surface area contributed by atoms with Gasteiger partial charge in [0.05, 0.1) is 6.42 Å². The van der Waals surface area contributed by atoms with Crippen LogP contribution in [0.3, 0.4) is 0 Å². The quantitative estimate of drug-likeness (QED) is 0.636. The van der Waals surface area contributed by atoms with Crippen LogP contribution in [0.25, 0.3) is 0 Å². The summed E-state index contributed by atoms with van der Waals surface area (Å²) in [5.74, 6) is 0.125. The van der Waals surface area contributed by atoms with E-state index in [4.69, 9.17) is 0 Å². The number of hydrogen-bond donors (Lipinski definition) is 0. The summed E-state index contributed by atoms with van der Waals surface area (Å²) in [4.78, 5) is 19.0. The van der Waals surface area contributed by atoms with Crippen molar-refractivity contribution in [2.75, 3.05) is 0 Å². The molecule has 1 aromatic heterocycles. The molecule has 0 saturated carbocycles. The largest absolute Gasteiger partial charge is 0.334 e. The van der Waals surface area contributed by atoms with E-state index in [1.54, 1.807) is 6.20 Å². The van der Waals surface area contributed by atoms with E-state index in [0.717, 1.165) is 23.1 Å². The zero-order valence-electron chi connectivity index (χ0n) is 15.1. The molecule has 3 heteroatoms. The van der Waals surface area contributed by atoms with Crippen LogP contribution in [0.2, 0.25) is 0 Å². The lowest BCUT2D eigenvalue weighted by Crippen LogP contribution is -2.31. The zero-order valence-corrected chi connectivity index (χ0v) is 15.1. The van der Waals surface area contributed by atoms with E-state index in [1.165, 1.54) is 5.56 Å². The van der Waals surface area contributed by atoms with Gasteiger partial charge in [-0.1, -0.05) is 67.6 Å². The Morgan fingerprint density at radius 3 is 2.12 bits per heavy atom. The minimum atomic E-state index is 0.125. The maximum Gasteiger partial charge on any atom is 0.227 e. The molecule has 0 radical (unpaired) electrons. The van der Waals surface area contributed by atoms with Gasteiger partial charge in [0.2, 0.25) is 5.91 Å². The monoisotopic (exact) mass is 344 g/mol. The van der Waals surface area contributed by atoms with Crippen LogP contribution in [0.5, 0.6) is 0 Å². The minimum Gasteiger partial charge on any atom is -0.334 e. The number of amides is 1. The van der Waals surface area contributed by atoms with E-state index in [1.807, 2.05) is 53.6 Å². The molecule has 0 fully saturated rings. The first kappa shape index (κ1) is 17.9. The molecule has 132 valence electrons. The highest BCUT2D eigenvalue weighted by Crippen LogP contribution is 2.13. The first-order chi connectivity index (χ1) is 12.7. The van der Waals surface area contributed by atoms with Gasteiger partial charge in [-0.2, -0.15) is 0 Å². The normalized spacial score (nSPS) is 10.5. The third kappa shape index (κ3) is 5.03. The second-order valence-electron chi connectivity index (χ2n) is 6.44. The molecule has 1 heterocycles. The lowest BCUT2D eigenvalue weighted by molar-refractivity contribution is -0.131. The molecule has 0 aliphatic rings. The van der Waals surface area contributed by atoms with Crippen molar-refractivity contribution in [3.63, 3.8) is 0 Å². The van der Waals surface area contributed by atoms with Gasteiger partial charge in [-0.15, -0.1) is 0 Å². The van der Waals surface area contributed by atoms with Crippen LogP contribution >= 0.6 is 0 Å². The Balaban J connectivity index is 1.77. The van der Waals surface area contributed by atoms with Gasteiger partial charge in [-0.05, 0) is 34.7 Å². The van der Waals surface area contributed by atoms with E-state index in [2.05, 4.69) is 36.2 Å². The Hall–Kier alpha value is -2.94. The van der Waals surface area contributed by atoms with Crippen LogP contribution in [0, 0.1) is 0 Å². The van der Waals surface area contributed by atoms with Crippen molar-refractivity contribution in [3.05, 3.63) is 101 Å². The standard InChI is InChI=1S/C23H24N2O/c1-2-19-10-12-21(13-11-19)17-25(18-22-9-6-14-24-16-22)23(26)15-20-7-4-3-5-8-20/h3-14,16H,2,15,17-18H2,1H3. The number of carbonyl (C=O) groups excluding carboxylic acids is 1. The molecule has 1 amide bonds. The SMILES string of the molecule is CCc1ccc(CN(Cc2cccnc2)C(=O)Cc2ccccc2)cc1. The number of pyridine rings is 1. The fraction of sp³-hybridized carbons (Fsp3) is 0.217. The topological polar surface area (TPSA) is 33.2 Å². The summed E-state index contributed by atoms with van der Waals surface area (Å²) < 4.78 is 0. The van der Waals surface area contributed by atoms with Crippen LogP contribution in [-0.2, 0) is 30.7 Å². The van der Waals surface area contributed by atoms with Crippen LogP contribution in [-0.4, -0.2) is 15.8 Å². The molecule has 2 aromatic carbocycles. The molecule has 3 nitrogen and oxygen atoms in total. The molecular weight excluding hydrogens is 320 g/mol. The molecule has 0 bridgehead atoms. The van der Waals surface area contributed by atoms with Crippen molar-refractivity contribution in [2.45, 2.75) is 32.9 Å². The molecule has 26 heavy (non-hydrogen) atoms. The fourth-order valence-corrected chi connectivity index (χ4v) is 2.93. The van der Waals surface area contributed by atoms with Crippen LogP contribution in [0.15, 0.2) is 79.1 Å². The van der Waals surface area contributed by atoms with Crippen molar-refractivity contribution < 1.29 is 4.79 Å². The highest BCUT2D eigenvalue weighted by molar-refractivity contribution is 5.78. The van der Waals surface area contributed by atoms with Gasteiger partial charge in [0, 0.05) is 25.5 Å². The molecule has 0 aliphatic heterocycles. The van der Waals surface area contributed by atoms with Crippen molar-refractivity contribution in [1.82, 2.24) is 9.88 Å². The molecule has 0 aliphatic carbocycles. The van der Waals surface area contributed by atoms with Crippen molar-refractivity contribution in [1.29, 1.82) is 0 Å². The Morgan fingerprint density at radius 2 is 1.46 bits per heavy atom. The summed E-state index contributed by atoms with van der Waals surface area (Å²) in [5.41, 5.74) is 4.53. The predicted molar refractivity (Wildman–Crippen MR) is 104 cm³/mol. The first-order valence-corrected chi connectivity index (χ1v) is 9.03. The summed E-state index contributed by atoms with van der Waals surface area (Å²) in [6.45, 7) is 3.31. The fourth-order valence-electron chi connectivity index (χ4n) is 2.93. The number of aryl methyl sites for hydroxylation is 1. The third-order valence-corrected chi connectivity index (χ3v) is 4.45. The molecule has 0 spiro atoms. The van der Waals surface area contributed by atoms with Gasteiger partial charge in [0.15, 0.2) is 0 Å². The number of benzene rings is 2. The first-order valence-electron chi connectivity index (χ1n) is 9.03. The Bertz CT molecular complexity index is 814. The van der Waals surface area contributed by atoms with Crippen molar-refractivity contribution >= 4 is 5.91 Å². The number of nitrogens with zero attached hydrogens (tertiary/aromatic N) is 2. The third-order valence-electron chi connectivity index (χ3n) is 4.45. The molecule has 0 N–H and O–H groups in total. The van der Waals surface area contributed by atoms with Gasteiger partial charge in [0.25, 0.3) is 0 Å². The van der Waals surface area contributed by atoms with Gasteiger partial charge in [-0.3, -0.25) is 9.78 Å². The zero-order chi connectivity index (χ0) is 18.2. The van der Waals surface area contributed by atoms with E-state index < -0.39 is 0 Å². The molecule has 3 aromatic rings. The van der Waals surface area contributed by atoms with E-state index in [0.29, 0.717) is 19.5 Å². The lowest BCUT2D eigenvalue weighted by atomic mass is 10.1. The summed E-state index contributed by atoms with van der Waals surface area (Å²) in [5, 5.41) is 0. The number of aromatic nitrogens is 1. The van der Waals surface area contributed by atoms with Gasteiger partial charge in [-0.25, -0.2) is 0 Å². The van der Waals surface area contributed by atoms with E-state index in [-0.39, 0.29) is 5.91 Å². The van der Waals surface area contributed by atoms with Crippen LogP contribution in [0.4, 0.5) is 0 Å². The minimum absolute atomic E-state index is 0.125. The Kier molecular flexibility index (Phi) is 6.15. The highest BCUT2D eigenvalue weighted by Gasteiger charge is 2.15. The van der Waals surface area contributed by atoms with Gasteiger partial charge < -0.3 is 4.90 Å². The summed E-state index contributed by atoms with van der Waals surface area (Å²) in [6, 6.07) is 22.3. The second kappa shape index (κ2) is 8.95. The predicted octanol–water partition coefficient (Wildman–Crippen LogP) is 4.42. The average Bonchev–Trinajstić information content (AvgIpc) is 2.69. The van der Waals surface area contributed by atoms with Crippen molar-refractivity contribution in [2.24, 2.45) is 0 Å². The maximum atomic E-state index is 12.9. The summed E-state index contributed by atoms with van der Waals surface area (Å²) >= 11 is 0. The van der Waals surface area contributed by atoms with Crippen LogP contribution < -0.4 is 0 Å². The number of hydrogen-bond acceptors (Lipinski definition) is 2. The number of carbonyl (C=O) groups is 1. The second-order valence-corrected chi connectivity index (χ2v) is 6.44. The molecular formula is C23H24N2O. The molecule has 0 saturated heterocycles. The lowest BCUT2D eigenvalue weighted by Gasteiger charge is -2.23. The summed E-state index contributed by atoms with van der Waals surface area (Å²) in [6.07, 6.45) is 5.01. The van der Waals surface area contributed by atoms with Gasteiger partial charge >= 0.3 is 0 Å². The summed E-state index contributed by atoms with van der Waals surface area (Å²) in [7, 11) is 0. The Labute approximate surface area is 155 Å². The van der Waals surface area contributed by atoms with E-state index >= 15 is 0 Å². The molecule has 0 atom stereocenters. The molecule has 3 rings (SSSR count). The smallest absolute Gasteiger partial charge is 0.227 e. The average molecular weight is 344 g/mol. The van der Waals surface area contributed by atoms with Crippen molar-refractivity contribution in [3.8, 4) is 0 Å². The van der Waals surface area contributed by atoms with Crippen LogP contribution in [0.1, 0.15) is 29.2 Å². The highest BCUT2D eigenvalue weighted by atomic mass is 16.2. The molecule has 0 unspecified atom stereocenters. The van der Waals surface area contributed by atoms with E-state index in [9.17, 15) is 4.79 Å².